The molecule has 1 amide bonds. The Morgan fingerprint density at radius 2 is 2.42 bits per heavy atom. The van der Waals surface area contributed by atoms with Gasteiger partial charge in [0.25, 0.3) is 5.56 Å². The third kappa shape index (κ3) is 3.57. The van der Waals surface area contributed by atoms with Crippen molar-refractivity contribution in [1.29, 1.82) is 0 Å². The van der Waals surface area contributed by atoms with Crippen molar-refractivity contribution < 1.29 is 4.79 Å². The van der Waals surface area contributed by atoms with Crippen LogP contribution in [0.1, 0.15) is 20.3 Å². The van der Waals surface area contributed by atoms with Crippen molar-refractivity contribution in [2.75, 3.05) is 5.75 Å². The second-order valence-electron chi connectivity index (χ2n) is 4.18. The molecule has 0 aromatic carbocycles. The number of thioether (sulfide) groups is 1. The molecule has 0 aliphatic rings. The Bertz CT molecular complexity index is 635. The monoisotopic (exact) mass is 297 g/mol. The van der Waals surface area contributed by atoms with Gasteiger partial charge < -0.3 is 10.3 Å². The lowest BCUT2D eigenvalue weighted by molar-refractivity contribution is -0.119. The summed E-state index contributed by atoms with van der Waals surface area (Å²) in [5, 5.41) is 5.78. The maximum Gasteiger partial charge on any atom is 0.260 e. The fourth-order valence-electron chi connectivity index (χ4n) is 1.47. The number of thiophene rings is 1. The molecule has 0 saturated carbocycles. The van der Waals surface area contributed by atoms with E-state index < -0.39 is 0 Å². The van der Waals surface area contributed by atoms with E-state index in [4.69, 9.17) is 0 Å². The predicted octanol–water partition coefficient (Wildman–Crippen LogP) is 1.99. The number of rotatable bonds is 5. The Kier molecular flexibility index (Phi) is 4.60. The van der Waals surface area contributed by atoms with Gasteiger partial charge in [-0.25, -0.2) is 4.98 Å². The average Bonchev–Trinajstić information content (AvgIpc) is 2.85. The van der Waals surface area contributed by atoms with Gasteiger partial charge in [0.2, 0.25) is 5.91 Å². The zero-order valence-corrected chi connectivity index (χ0v) is 12.4. The number of nitrogens with one attached hydrogen (secondary N) is 2. The molecule has 2 heterocycles. The summed E-state index contributed by atoms with van der Waals surface area (Å²) < 4.78 is 0. The van der Waals surface area contributed by atoms with Crippen LogP contribution in [0.2, 0.25) is 0 Å². The van der Waals surface area contributed by atoms with Crippen LogP contribution < -0.4 is 10.9 Å². The lowest BCUT2D eigenvalue weighted by atomic mass is 10.3. The summed E-state index contributed by atoms with van der Waals surface area (Å²) in [4.78, 5) is 31.1. The van der Waals surface area contributed by atoms with E-state index >= 15 is 0 Å². The molecule has 2 aromatic heterocycles. The molecule has 7 heteroatoms. The van der Waals surface area contributed by atoms with E-state index in [1.54, 1.807) is 6.07 Å². The van der Waals surface area contributed by atoms with Crippen LogP contribution in [0.3, 0.4) is 0 Å². The fourth-order valence-corrected chi connectivity index (χ4v) is 2.96. The summed E-state index contributed by atoms with van der Waals surface area (Å²) in [5.74, 6) is 0.206. The van der Waals surface area contributed by atoms with Gasteiger partial charge in [0.15, 0.2) is 5.16 Å². The number of amides is 1. The summed E-state index contributed by atoms with van der Waals surface area (Å²) in [7, 11) is 0. The molecule has 102 valence electrons. The van der Waals surface area contributed by atoms with Gasteiger partial charge in [-0.3, -0.25) is 9.59 Å². The average molecular weight is 297 g/mol. The van der Waals surface area contributed by atoms with Crippen molar-refractivity contribution >= 4 is 39.2 Å². The van der Waals surface area contributed by atoms with Crippen LogP contribution in [0.15, 0.2) is 21.4 Å². The summed E-state index contributed by atoms with van der Waals surface area (Å²) in [5.41, 5.74) is -0.156. The highest BCUT2D eigenvalue weighted by molar-refractivity contribution is 7.99. The predicted molar refractivity (Wildman–Crippen MR) is 78.9 cm³/mol. The number of nitrogens with zero attached hydrogens (tertiary/aromatic N) is 1. The van der Waals surface area contributed by atoms with Crippen molar-refractivity contribution in [3.8, 4) is 0 Å². The number of carbonyl (C=O) groups excluding carboxylic acids is 1. The molecule has 0 aliphatic carbocycles. The highest BCUT2D eigenvalue weighted by atomic mass is 32.2. The Balaban J connectivity index is 2.02. The summed E-state index contributed by atoms with van der Waals surface area (Å²) in [6.07, 6.45) is 0.895. The first-order chi connectivity index (χ1) is 9.10. The lowest BCUT2D eigenvalue weighted by Gasteiger charge is -2.10. The standard InChI is InChI=1S/C12H15N3O2S2/c1-3-7(2)13-9(16)6-19-12-14-10(17)8-4-5-18-11(8)15-12/h4-5,7H,3,6H2,1-2H3,(H,13,16)(H,14,15,17)/t7-/m1/s1. The van der Waals surface area contributed by atoms with Gasteiger partial charge in [-0.15, -0.1) is 11.3 Å². The second-order valence-corrected chi connectivity index (χ2v) is 6.03. The van der Waals surface area contributed by atoms with Gasteiger partial charge in [0, 0.05) is 6.04 Å². The summed E-state index contributed by atoms with van der Waals surface area (Å²) >= 11 is 2.66. The maximum absolute atomic E-state index is 11.7. The molecule has 0 radical (unpaired) electrons. The summed E-state index contributed by atoms with van der Waals surface area (Å²) in [6.45, 7) is 3.97. The zero-order valence-electron chi connectivity index (χ0n) is 10.7. The summed E-state index contributed by atoms with van der Waals surface area (Å²) in [6, 6.07) is 1.91. The Hall–Kier alpha value is -1.34. The normalized spacial score (nSPS) is 12.5. The maximum atomic E-state index is 11.7. The number of carbonyl (C=O) groups is 1. The minimum Gasteiger partial charge on any atom is -0.353 e. The largest absolute Gasteiger partial charge is 0.353 e. The Morgan fingerprint density at radius 1 is 1.63 bits per heavy atom. The first-order valence-corrected chi connectivity index (χ1v) is 7.86. The number of hydrogen-bond acceptors (Lipinski definition) is 5. The molecule has 0 saturated heterocycles. The molecule has 2 aromatic rings. The number of fused-ring (bicyclic) bond motifs is 1. The third-order valence-corrected chi connectivity index (χ3v) is 4.35. The highest BCUT2D eigenvalue weighted by Gasteiger charge is 2.09. The van der Waals surface area contributed by atoms with E-state index in [0.29, 0.717) is 15.4 Å². The minimum absolute atomic E-state index is 0.0479. The first-order valence-electron chi connectivity index (χ1n) is 6.00. The quantitative estimate of drug-likeness (QED) is 0.654. The van der Waals surface area contributed by atoms with E-state index in [-0.39, 0.29) is 23.3 Å². The number of aromatic nitrogens is 2. The van der Waals surface area contributed by atoms with Gasteiger partial charge in [-0.1, -0.05) is 18.7 Å². The molecule has 0 aliphatic heterocycles. The van der Waals surface area contributed by atoms with Crippen LogP contribution in [-0.2, 0) is 4.79 Å². The van der Waals surface area contributed by atoms with Crippen LogP contribution in [-0.4, -0.2) is 27.7 Å². The Morgan fingerprint density at radius 3 is 3.16 bits per heavy atom. The molecule has 0 spiro atoms. The van der Waals surface area contributed by atoms with E-state index in [9.17, 15) is 9.59 Å². The molecule has 0 fully saturated rings. The van der Waals surface area contributed by atoms with Crippen molar-refractivity contribution in [2.45, 2.75) is 31.5 Å². The van der Waals surface area contributed by atoms with E-state index in [1.165, 1.54) is 23.1 Å². The van der Waals surface area contributed by atoms with Crippen LogP contribution in [0, 0.1) is 0 Å². The van der Waals surface area contributed by atoms with Crippen molar-refractivity contribution in [1.82, 2.24) is 15.3 Å². The molecular formula is C12H15N3O2S2. The molecule has 0 unspecified atom stereocenters. The molecule has 2 rings (SSSR count). The third-order valence-electron chi connectivity index (χ3n) is 2.67. The first kappa shape index (κ1) is 14.1. The van der Waals surface area contributed by atoms with Gasteiger partial charge in [-0.05, 0) is 24.8 Å². The highest BCUT2D eigenvalue weighted by Crippen LogP contribution is 2.18. The van der Waals surface area contributed by atoms with Gasteiger partial charge in [0.1, 0.15) is 4.83 Å². The second kappa shape index (κ2) is 6.21. The van der Waals surface area contributed by atoms with Crippen LogP contribution >= 0.6 is 23.1 Å². The van der Waals surface area contributed by atoms with Gasteiger partial charge >= 0.3 is 0 Å². The molecule has 19 heavy (non-hydrogen) atoms. The van der Waals surface area contributed by atoms with Gasteiger partial charge in [-0.2, -0.15) is 0 Å². The van der Waals surface area contributed by atoms with Crippen molar-refractivity contribution in [3.05, 3.63) is 21.8 Å². The smallest absolute Gasteiger partial charge is 0.260 e. The number of aromatic amines is 1. The molecule has 5 nitrogen and oxygen atoms in total. The van der Waals surface area contributed by atoms with E-state index in [2.05, 4.69) is 15.3 Å². The van der Waals surface area contributed by atoms with Gasteiger partial charge in [0.05, 0.1) is 11.1 Å². The molecular weight excluding hydrogens is 282 g/mol. The topological polar surface area (TPSA) is 74.8 Å². The number of H-pyrrole nitrogens is 1. The van der Waals surface area contributed by atoms with E-state index in [0.717, 1.165) is 6.42 Å². The fraction of sp³-hybridized carbons (Fsp3) is 0.417. The van der Waals surface area contributed by atoms with Crippen molar-refractivity contribution in [2.24, 2.45) is 0 Å². The molecule has 2 N–H and O–H groups in total. The zero-order chi connectivity index (χ0) is 13.8. The van der Waals surface area contributed by atoms with E-state index in [1.807, 2.05) is 19.2 Å². The lowest BCUT2D eigenvalue weighted by Crippen LogP contribution is -2.33. The van der Waals surface area contributed by atoms with Crippen molar-refractivity contribution in [3.63, 3.8) is 0 Å². The minimum atomic E-state index is -0.156. The molecule has 1 atom stereocenters. The molecule has 0 bridgehead atoms. The Labute approximate surface area is 118 Å². The van der Waals surface area contributed by atoms with Crippen LogP contribution in [0.5, 0.6) is 0 Å². The van der Waals surface area contributed by atoms with Crippen LogP contribution in [0.4, 0.5) is 0 Å². The number of hydrogen-bond donors (Lipinski definition) is 2. The van der Waals surface area contributed by atoms with Crippen LogP contribution in [0.25, 0.3) is 10.2 Å². The SMILES string of the molecule is CC[C@@H](C)NC(=O)CSc1nc2sccc2c(=O)[nH]1.